The fraction of sp³-hybridized carbons (Fsp3) is 0.0588. The SMILES string of the molecule is Cc1nc2cnc3cc(-c4ccc(O)cc4)ccc3n2c1O. The summed E-state index contributed by atoms with van der Waals surface area (Å²) in [6, 6.07) is 12.9. The van der Waals surface area contributed by atoms with E-state index in [1.165, 1.54) is 0 Å². The molecule has 0 aliphatic rings. The van der Waals surface area contributed by atoms with E-state index in [0.717, 1.165) is 22.2 Å². The Hall–Kier alpha value is -3.08. The summed E-state index contributed by atoms with van der Waals surface area (Å²) >= 11 is 0. The van der Waals surface area contributed by atoms with Gasteiger partial charge < -0.3 is 10.2 Å². The van der Waals surface area contributed by atoms with Gasteiger partial charge in [-0.05, 0) is 42.3 Å². The van der Waals surface area contributed by atoms with Crippen LogP contribution in [0.3, 0.4) is 0 Å². The highest BCUT2D eigenvalue weighted by Crippen LogP contribution is 2.28. The Morgan fingerprint density at radius 2 is 1.68 bits per heavy atom. The Kier molecular flexibility index (Phi) is 2.56. The third kappa shape index (κ3) is 1.79. The van der Waals surface area contributed by atoms with Gasteiger partial charge in [-0.1, -0.05) is 18.2 Å². The van der Waals surface area contributed by atoms with Gasteiger partial charge in [-0.3, -0.25) is 9.38 Å². The van der Waals surface area contributed by atoms with Crippen LogP contribution in [-0.4, -0.2) is 24.6 Å². The molecule has 22 heavy (non-hydrogen) atoms. The van der Waals surface area contributed by atoms with Crippen molar-refractivity contribution in [2.24, 2.45) is 0 Å². The fourth-order valence-corrected chi connectivity index (χ4v) is 2.64. The smallest absolute Gasteiger partial charge is 0.219 e. The van der Waals surface area contributed by atoms with E-state index < -0.39 is 0 Å². The van der Waals surface area contributed by atoms with E-state index >= 15 is 0 Å². The monoisotopic (exact) mass is 291 g/mol. The molecule has 108 valence electrons. The Morgan fingerprint density at radius 1 is 0.955 bits per heavy atom. The Labute approximate surface area is 126 Å². The van der Waals surface area contributed by atoms with Gasteiger partial charge in [-0.15, -0.1) is 0 Å². The first-order valence-corrected chi connectivity index (χ1v) is 6.90. The van der Waals surface area contributed by atoms with Crippen LogP contribution >= 0.6 is 0 Å². The first-order valence-electron chi connectivity index (χ1n) is 6.90. The number of phenolic OH excluding ortho intramolecular Hbond substituents is 1. The summed E-state index contributed by atoms with van der Waals surface area (Å²) in [5, 5.41) is 19.5. The van der Waals surface area contributed by atoms with Gasteiger partial charge in [0.05, 0.1) is 17.2 Å². The van der Waals surface area contributed by atoms with Crippen LogP contribution in [0.25, 0.3) is 27.8 Å². The van der Waals surface area contributed by atoms with E-state index in [1.54, 1.807) is 29.7 Å². The summed E-state index contributed by atoms with van der Waals surface area (Å²) < 4.78 is 1.69. The highest BCUT2D eigenvalue weighted by Gasteiger charge is 2.11. The molecular formula is C17H13N3O2. The summed E-state index contributed by atoms with van der Waals surface area (Å²) in [5.74, 6) is 0.378. The maximum atomic E-state index is 10.2. The van der Waals surface area contributed by atoms with Crippen molar-refractivity contribution in [3.8, 4) is 22.8 Å². The molecule has 0 amide bonds. The van der Waals surface area contributed by atoms with Gasteiger partial charge in [0.1, 0.15) is 11.4 Å². The van der Waals surface area contributed by atoms with E-state index in [2.05, 4.69) is 9.97 Å². The summed E-state index contributed by atoms with van der Waals surface area (Å²) in [4.78, 5) is 8.70. The van der Waals surface area contributed by atoms with Gasteiger partial charge in [-0.25, -0.2) is 4.98 Å². The molecule has 0 fully saturated rings. The van der Waals surface area contributed by atoms with Gasteiger partial charge in [0.15, 0.2) is 5.65 Å². The number of fused-ring (bicyclic) bond motifs is 3. The lowest BCUT2D eigenvalue weighted by Gasteiger charge is -2.06. The third-order valence-electron chi connectivity index (χ3n) is 3.78. The minimum Gasteiger partial charge on any atom is -0.508 e. The lowest BCUT2D eigenvalue weighted by molar-refractivity contribution is 0.446. The molecule has 4 rings (SSSR count). The highest BCUT2D eigenvalue weighted by atomic mass is 16.3. The molecular weight excluding hydrogens is 278 g/mol. The average Bonchev–Trinajstić information content (AvgIpc) is 2.83. The second-order valence-corrected chi connectivity index (χ2v) is 5.22. The summed E-state index contributed by atoms with van der Waals surface area (Å²) in [7, 11) is 0. The minimum atomic E-state index is 0.139. The molecule has 5 nitrogen and oxygen atoms in total. The Bertz CT molecular complexity index is 1000. The summed E-state index contributed by atoms with van der Waals surface area (Å²) in [6.07, 6.45) is 1.65. The number of nitrogens with zero attached hydrogens (tertiary/aromatic N) is 3. The molecule has 0 aliphatic carbocycles. The summed E-state index contributed by atoms with van der Waals surface area (Å²) in [5.41, 5.74) is 4.77. The molecule has 2 aromatic carbocycles. The van der Waals surface area contributed by atoms with Crippen LogP contribution in [-0.2, 0) is 0 Å². The van der Waals surface area contributed by atoms with Gasteiger partial charge in [0, 0.05) is 0 Å². The van der Waals surface area contributed by atoms with Crippen molar-refractivity contribution in [1.29, 1.82) is 0 Å². The van der Waals surface area contributed by atoms with Crippen molar-refractivity contribution in [3.63, 3.8) is 0 Å². The predicted molar refractivity (Wildman–Crippen MR) is 84.0 cm³/mol. The zero-order valence-electron chi connectivity index (χ0n) is 11.9. The molecule has 0 saturated carbocycles. The molecule has 0 aliphatic heterocycles. The maximum absolute atomic E-state index is 10.2. The standard InChI is InChI=1S/C17H13N3O2/c1-10-17(22)20-15-7-4-12(11-2-5-13(21)6-3-11)8-14(15)18-9-16(20)19-10/h2-9,21-22H,1H3. The van der Waals surface area contributed by atoms with E-state index in [4.69, 9.17) is 0 Å². The molecule has 2 heterocycles. The number of hydrogen-bond acceptors (Lipinski definition) is 4. The molecule has 4 aromatic rings. The van der Waals surface area contributed by atoms with Crippen LogP contribution in [0.1, 0.15) is 5.69 Å². The zero-order chi connectivity index (χ0) is 15.3. The first-order chi connectivity index (χ1) is 10.6. The van der Waals surface area contributed by atoms with E-state index in [0.29, 0.717) is 11.3 Å². The number of rotatable bonds is 1. The van der Waals surface area contributed by atoms with Crippen LogP contribution in [0.15, 0.2) is 48.7 Å². The van der Waals surface area contributed by atoms with Gasteiger partial charge >= 0.3 is 0 Å². The van der Waals surface area contributed by atoms with Crippen molar-refractivity contribution >= 4 is 16.7 Å². The third-order valence-corrected chi connectivity index (χ3v) is 3.78. The molecule has 0 unspecified atom stereocenters. The number of aromatic hydroxyl groups is 2. The molecule has 2 aromatic heterocycles. The van der Waals surface area contributed by atoms with Crippen molar-refractivity contribution in [2.75, 3.05) is 0 Å². The van der Waals surface area contributed by atoms with Crippen LogP contribution in [0, 0.1) is 6.92 Å². The molecule has 0 radical (unpaired) electrons. The number of aryl methyl sites for hydroxylation is 1. The molecule has 0 atom stereocenters. The van der Waals surface area contributed by atoms with Gasteiger partial charge in [0.25, 0.3) is 0 Å². The van der Waals surface area contributed by atoms with Crippen molar-refractivity contribution in [2.45, 2.75) is 6.92 Å². The maximum Gasteiger partial charge on any atom is 0.219 e. The number of hydrogen-bond donors (Lipinski definition) is 2. The number of imidazole rings is 1. The molecule has 0 bridgehead atoms. The molecule has 0 spiro atoms. The van der Waals surface area contributed by atoms with Crippen LogP contribution in [0.5, 0.6) is 11.6 Å². The molecule has 2 N–H and O–H groups in total. The summed E-state index contributed by atoms with van der Waals surface area (Å²) in [6.45, 7) is 1.76. The van der Waals surface area contributed by atoms with Crippen molar-refractivity contribution < 1.29 is 10.2 Å². The van der Waals surface area contributed by atoms with Crippen LogP contribution in [0.4, 0.5) is 0 Å². The zero-order valence-corrected chi connectivity index (χ0v) is 11.9. The second-order valence-electron chi connectivity index (χ2n) is 5.22. The quantitative estimate of drug-likeness (QED) is 0.564. The Balaban J connectivity index is 1.97. The minimum absolute atomic E-state index is 0.139. The van der Waals surface area contributed by atoms with Gasteiger partial charge in [0.2, 0.25) is 5.88 Å². The highest BCUT2D eigenvalue weighted by molar-refractivity contribution is 5.84. The average molecular weight is 291 g/mol. The van der Waals surface area contributed by atoms with E-state index in [9.17, 15) is 10.2 Å². The van der Waals surface area contributed by atoms with Crippen LogP contribution < -0.4 is 0 Å². The predicted octanol–water partition coefficient (Wildman–Crippen LogP) is 3.27. The lowest BCUT2D eigenvalue weighted by Crippen LogP contribution is -1.91. The van der Waals surface area contributed by atoms with Crippen molar-refractivity contribution in [3.05, 3.63) is 54.4 Å². The Morgan fingerprint density at radius 3 is 2.45 bits per heavy atom. The second kappa shape index (κ2) is 4.46. The van der Waals surface area contributed by atoms with E-state index in [1.807, 2.05) is 30.3 Å². The number of benzene rings is 2. The number of aromatic nitrogens is 3. The first kappa shape index (κ1) is 12.6. The van der Waals surface area contributed by atoms with E-state index in [-0.39, 0.29) is 11.6 Å². The number of phenols is 1. The molecule has 0 saturated heterocycles. The lowest BCUT2D eigenvalue weighted by atomic mass is 10.0. The van der Waals surface area contributed by atoms with Crippen molar-refractivity contribution in [1.82, 2.24) is 14.4 Å². The fourth-order valence-electron chi connectivity index (χ4n) is 2.64. The molecule has 5 heteroatoms. The van der Waals surface area contributed by atoms with Gasteiger partial charge in [-0.2, -0.15) is 0 Å². The topological polar surface area (TPSA) is 70.7 Å². The van der Waals surface area contributed by atoms with Crippen LogP contribution in [0.2, 0.25) is 0 Å². The largest absolute Gasteiger partial charge is 0.508 e. The normalized spacial score (nSPS) is 11.3.